The number of nitrogens with zero attached hydrogens (tertiary/aromatic N) is 2. The van der Waals surface area contributed by atoms with Crippen LogP contribution in [0.1, 0.15) is 65.6 Å². The molecule has 0 radical (unpaired) electrons. The Bertz CT molecular complexity index is 1380. The van der Waals surface area contributed by atoms with E-state index in [2.05, 4.69) is 29.4 Å². The van der Waals surface area contributed by atoms with Gasteiger partial charge in [-0.25, -0.2) is 0 Å². The lowest BCUT2D eigenvalue weighted by molar-refractivity contribution is 0.0642. The third kappa shape index (κ3) is 4.50. The molecule has 2 aromatic carbocycles. The molecule has 1 N–H and O–H groups in total. The van der Waals surface area contributed by atoms with Gasteiger partial charge in [-0.15, -0.1) is 11.3 Å². The van der Waals surface area contributed by atoms with Crippen LogP contribution in [0.15, 0.2) is 84.5 Å². The van der Waals surface area contributed by atoms with Crippen LogP contribution < -0.4 is 5.32 Å². The number of imide groups is 1. The highest BCUT2D eigenvalue weighted by Crippen LogP contribution is 2.29. The molecule has 5 rings (SSSR count). The zero-order valence-corrected chi connectivity index (χ0v) is 19.9. The van der Waals surface area contributed by atoms with Gasteiger partial charge in [0.1, 0.15) is 0 Å². The van der Waals surface area contributed by atoms with Crippen molar-refractivity contribution in [2.24, 2.45) is 0 Å². The van der Waals surface area contributed by atoms with Crippen LogP contribution in [0, 0.1) is 0 Å². The lowest BCUT2D eigenvalue weighted by atomic mass is 10.0. The average molecular weight is 482 g/mol. The monoisotopic (exact) mass is 481 g/mol. The molecule has 1 aliphatic rings. The number of amides is 3. The molecule has 4 aromatic rings. The number of benzene rings is 2. The predicted octanol–water partition coefficient (Wildman–Crippen LogP) is 5.02. The first-order valence-corrected chi connectivity index (χ1v) is 12.3. The fraction of sp³-hybridized carbons (Fsp3) is 0.143. The van der Waals surface area contributed by atoms with Gasteiger partial charge >= 0.3 is 0 Å². The van der Waals surface area contributed by atoms with Gasteiger partial charge in [0.15, 0.2) is 0 Å². The summed E-state index contributed by atoms with van der Waals surface area (Å²) >= 11 is 1.57. The van der Waals surface area contributed by atoms with Crippen molar-refractivity contribution in [2.75, 3.05) is 0 Å². The molecule has 35 heavy (non-hydrogen) atoms. The number of pyridine rings is 1. The molecule has 0 unspecified atom stereocenters. The smallest absolute Gasteiger partial charge is 0.261 e. The number of rotatable bonds is 7. The Morgan fingerprint density at radius 3 is 2.37 bits per heavy atom. The Balaban J connectivity index is 1.39. The third-order valence-corrected chi connectivity index (χ3v) is 7.08. The Labute approximate surface area is 207 Å². The van der Waals surface area contributed by atoms with Crippen LogP contribution in [0.25, 0.3) is 0 Å². The highest BCUT2D eigenvalue weighted by atomic mass is 32.1. The molecule has 0 aliphatic carbocycles. The van der Waals surface area contributed by atoms with Gasteiger partial charge in [-0.1, -0.05) is 37.3 Å². The molecule has 0 spiro atoms. The van der Waals surface area contributed by atoms with Gasteiger partial charge in [-0.05, 0) is 64.9 Å². The summed E-state index contributed by atoms with van der Waals surface area (Å²) in [6.07, 6.45) is 4.18. The minimum absolute atomic E-state index is 0.157. The van der Waals surface area contributed by atoms with Crippen LogP contribution in [-0.2, 0) is 13.0 Å². The van der Waals surface area contributed by atoms with Crippen molar-refractivity contribution in [1.29, 1.82) is 0 Å². The number of aromatic nitrogens is 1. The number of hydrogen-bond donors (Lipinski definition) is 1. The Morgan fingerprint density at radius 2 is 1.69 bits per heavy atom. The molecule has 1 aliphatic heterocycles. The number of thiophene rings is 1. The van der Waals surface area contributed by atoms with E-state index < -0.39 is 5.91 Å². The van der Waals surface area contributed by atoms with E-state index in [0.717, 1.165) is 22.4 Å². The largest absolute Gasteiger partial charge is 0.340 e. The molecule has 3 heterocycles. The SMILES string of the molecule is CCc1ccc([C@H](NC(=O)c2ccc3c(c2)C(=O)N(Cc2ccncc2)C3=O)c2cccs2)cc1. The molecular formula is C28H23N3O3S. The minimum atomic E-state index is -0.401. The molecular weight excluding hydrogens is 458 g/mol. The highest BCUT2D eigenvalue weighted by Gasteiger charge is 2.36. The van der Waals surface area contributed by atoms with E-state index in [1.165, 1.54) is 16.5 Å². The van der Waals surface area contributed by atoms with Crippen molar-refractivity contribution >= 4 is 29.1 Å². The first-order valence-electron chi connectivity index (χ1n) is 11.4. The van der Waals surface area contributed by atoms with Crippen molar-refractivity contribution in [3.8, 4) is 0 Å². The lowest BCUT2D eigenvalue weighted by Gasteiger charge is -2.19. The van der Waals surface area contributed by atoms with E-state index >= 15 is 0 Å². The molecule has 0 fully saturated rings. The maximum atomic E-state index is 13.3. The average Bonchev–Trinajstić information content (AvgIpc) is 3.51. The van der Waals surface area contributed by atoms with Crippen molar-refractivity contribution < 1.29 is 14.4 Å². The highest BCUT2D eigenvalue weighted by molar-refractivity contribution is 7.10. The fourth-order valence-corrected chi connectivity index (χ4v) is 4.98. The molecule has 6 nitrogen and oxygen atoms in total. The molecule has 1 atom stereocenters. The quantitative estimate of drug-likeness (QED) is 0.376. The zero-order valence-electron chi connectivity index (χ0n) is 19.1. The van der Waals surface area contributed by atoms with E-state index in [1.54, 1.807) is 48.0 Å². The van der Waals surface area contributed by atoms with Crippen molar-refractivity contribution in [2.45, 2.75) is 25.9 Å². The van der Waals surface area contributed by atoms with Gasteiger partial charge in [-0.3, -0.25) is 24.3 Å². The Hall–Kier alpha value is -4.10. The van der Waals surface area contributed by atoms with E-state index in [-0.39, 0.29) is 30.0 Å². The number of nitrogens with one attached hydrogen (secondary N) is 1. The first-order chi connectivity index (χ1) is 17.0. The standard InChI is InChI=1S/C28H23N3O3S/c1-2-18-5-7-20(8-6-18)25(24-4-3-15-35-24)30-26(32)21-9-10-22-23(16-21)28(34)31(27(22)33)17-19-11-13-29-14-12-19/h3-16,25H,2,17H2,1H3,(H,30,32)/t25-/m0/s1. The van der Waals surface area contributed by atoms with Crippen LogP contribution in [-0.4, -0.2) is 27.6 Å². The molecule has 0 bridgehead atoms. The van der Waals surface area contributed by atoms with E-state index in [1.807, 2.05) is 29.6 Å². The van der Waals surface area contributed by atoms with Gasteiger partial charge in [0.25, 0.3) is 17.7 Å². The van der Waals surface area contributed by atoms with E-state index in [4.69, 9.17) is 0 Å². The Morgan fingerprint density at radius 1 is 0.943 bits per heavy atom. The van der Waals surface area contributed by atoms with E-state index in [0.29, 0.717) is 11.1 Å². The molecule has 174 valence electrons. The maximum absolute atomic E-state index is 13.3. The van der Waals surface area contributed by atoms with Crippen LogP contribution >= 0.6 is 11.3 Å². The van der Waals surface area contributed by atoms with Crippen molar-refractivity contribution in [1.82, 2.24) is 15.2 Å². The Kier molecular flexibility index (Phi) is 6.25. The number of aryl methyl sites for hydroxylation is 1. The summed E-state index contributed by atoms with van der Waals surface area (Å²) < 4.78 is 0. The normalized spacial score (nSPS) is 13.6. The van der Waals surface area contributed by atoms with Crippen molar-refractivity contribution in [3.63, 3.8) is 0 Å². The van der Waals surface area contributed by atoms with Crippen LogP contribution in [0.3, 0.4) is 0 Å². The van der Waals surface area contributed by atoms with Gasteiger partial charge in [0.05, 0.1) is 23.7 Å². The first kappa shape index (κ1) is 22.7. The van der Waals surface area contributed by atoms with Crippen LogP contribution in [0.4, 0.5) is 0 Å². The van der Waals surface area contributed by atoms with Gasteiger partial charge in [-0.2, -0.15) is 0 Å². The van der Waals surface area contributed by atoms with Gasteiger partial charge in [0, 0.05) is 22.8 Å². The number of fused-ring (bicyclic) bond motifs is 1. The topological polar surface area (TPSA) is 79.4 Å². The number of carbonyl (C=O) groups excluding carboxylic acids is 3. The maximum Gasteiger partial charge on any atom is 0.261 e. The fourth-order valence-electron chi connectivity index (χ4n) is 4.18. The van der Waals surface area contributed by atoms with E-state index in [9.17, 15) is 14.4 Å². The summed E-state index contributed by atoms with van der Waals surface area (Å²) in [5.74, 6) is -1.07. The minimum Gasteiger partial charge on any atom is -0.340 e. The molecule has 0 saturated heterocycles. The predicted molar refractivity (Wildman–Crippen MR) is 134 cm³/mol. The zero-order chi connectivity index (χ0) is 24.4. The van der Waals surface area contributed by atoms with Gasteiger partial charge in [0.2, 0.25) is 0 Å². The second kappa shape index (κ2) is 9.64. The van der Waals surface area contributed by atoms with Crippen LogP contribution in [0.2, 0.25) is 0 Å². The molecule has 2 aromatic heterocycles. The summed E-state index contributed by atoms with van der Waals surface area (Å²) in [4.78, 5) is 45.4. The molecule has 7 heteroatoms. The number of hydrogen-bond acceptors (Lipinski definition) is 5. The number of carbonyl (C=O) groups is 3. The lowest BCUT2D eigenvalue weighted by Crippen LogP contribution is -2.29. The second-order valence-corrected chi connectivity index (χ2v) is 9.31. The summed E-state index contributed by atoms with van der Waals surface area (Å²) in [5, 5.41) is 5.09. The van der Waals surface area contributed by atoms with Gasteiger partial charge < -0.3 is 5.32 Å². The van der Waals surface area contributed by atoms with Crippen LogP contribution in [0.5, 0.6) is 0 Å². The summed E-state index contributed by atoms with van der Waals surface area (Å²) in [6.45, 7) is 2.26. The summed E-state index contributed by atoms with van der Waals surface area (Å²) in [7, 11) is 0. The second-order valence-electron chi connectivity index (χ2n) is 8.33. The molecule has 0 saturated carbocycles. The summed E-state index contributed by atoms with van der Waals surface area (Å²) in [6, 6.07) is 20.0. The van der Waals surface area contributed by atoms with Crippen molar-refractivity contribution in [3.05, 3.63) is 123 Å². The molecule has 3 amide bonds. The summed E-state index contributed by atoms with van der Waals surface area (Å²) in [5.41, 5.74) is 3.90. The third-order valence-electron chi connectivity index (χ3n) is 6.15.